The molecular weight excluding hydrogens is 224 g/mol. The number of nitrogens with two attached hydrogens (primary N) is 1. The fraction of sp³-hybridized carbons (Fsp3) is 0.538. The van der Waals surface area contributed by atoms with E-state index in [1.807, 2.05) is 0 Å². The molecule has 17 heavy (non-hydrogen) atoms. The minimum atomic E-state index is -2.55. The third-order valence-corrected chi connectivity index (χ3v) is 3.54. The van der Waals surface area contributed by atoms with E-state index in [0.717, 1.165) is 25.7 Å². The summed E-state index contributed by atoms with van der Waals surface area (Å²) < 4.78 is 31.3. The van der Waals surface area contributed by atoms with E-state index in [2.05, 4.69) is 0 Å². The van der Waals surface area contributed by atoms with Gasteiger partial charge in [-0.2, -0.15) is 0 Å². The highest BCUT2D eigenvalue weighted by molar-refractivity contribution is 5.45. The molecule has 0 aromatic heterocycles. The van der Waals surface area contributed by atoms with Gasteiger partial charge in [0.25, 0.3) is 6.43 Å². The van der Waals surface area contributed by atoms with Crippen molar-refractivity contribution in [1.29, 1.82) is 0 Å². The quantitative estimate of drug-likeness (QED) is 0.880. The molecule has 1 fully saturated rings. The van der Waals surface area contributed by atoms with Crippen LogP contribution >= 0.6 is 0 Å². The van der Waals surface area contributed by atoms with Gasteiger partial charge in [0.15, 0.2) is 0 Å². The lowest BCUT2D eigenvalue weighted by molar-refractivity contribution is 0.143. The van der Waals surface area contributed by atoms with Gasteiger partial charge in [0.05, 0.1) is 12.7 Å². The van der Waals surface area contributed by atoms with Crippen LogP contribution in [0.2, 0.25) is 0 Å². The van der Waals surface area contributed by atoms with Crippen LogP contribution in [0.4, 0.5) is 8.78 Å². The lowest BCUT2D eigenvalue weighted by Gasteiger charge is -2.27. The van der Waals surface area contributed by atoms with Crippen LogP contribution in [0.1, 0.15) is 43.2 Å². The molecule has 1 saturated carbocycles. The van der Waals surface area contributed by atoms with Crippen molar-refractivity contribution in [3.05, 3.63) is 29.3 Å². The van der Waals surface area contributed by atoms with Gasteiger partial charge in [-0.15, -0.1) is 0 Å². The second-order valence-electron chi connectivity index (χ2n) is 4.59. The maximum atomic E-state index is 13.2. The summed E-state index contributed by atoms with van der Waals surface area (Å²) in [6.45, 7) is 0. The SMILES string of the molecule is COc1cccc(C2(N)CCCC2)c1C(F)F. The van der Waals surface area contributed by atoms with Crippen molar-refractivity contribution in [2.24, 2.45) is 5.73 Å². The van der Waals surface area contributed by atoms with Crippen LogP contribution in [-0.2, 0) is 5.54 Å². The van der Waals surface area contributed by atoms with Crippen molar-refractivity contribution in [1.82, 2.24) is 0 Å². The second kappa shape index (κ2) is 4.61. The molecule has 2 N–H and O–H groups in total. The highest BCUT2D eigenvalue weighted by Gasteiger charge is 2.36. The van der Waals surface area contributed by atoms with E-state index in [0.29, 0.717) is 5.56 Å². The van der Waals surface area contributed by atoms with Crippen LogP contribution in [0.3, 0.4) is 0 Å². The predicted molar refractivity (Wildman–Crippen MR) is 62.3 cm³/mol. The first-order valence-electron chi connectivity index (χ1n) is 5.83. The van der Waals surface area contributed by atoms with E-state index in [9.17, 15) is 8.78 Å². The Bertz CT molecular complexity index is 400. The zero-order valence-corrected chi connectivity index (χ0v) is 9.88. The minimum Gasteiger partial charge on any atom is -0.496 e. The van der Waals surface area contributed by atoms with E-state index in [1.54, 1.807) is 18.2 Å². The molecule has 1 aromatic carbocycles. The molecule has 94 valence electrons. The summed E-state index contributed by atoms with van der Waals surface area (Å²) >= 11 is 0. The first-order chi connectivity index (χ1) is 8.08. The molecule has 0 unspecified atom stereocenters. The Labute approximate surface area is 99.8 Å². The summed E-state index contributed by atoms with van der Waals surface area (Å²) in [4.78, 5) is 0. The standard InChI is InChI=1S/C13H17F2NO/c1-17-10-6-4-5-9(11(10)12(14)15)13(16)7-2-3-8-13/h4-6,12H,2-3,7-8,16H2,1H3. The number of halogens is 2. The van der Waals surface area contributed by atoms with Crippen LogP contribution in [-0.4, -0.2) is 7.11 Å². The van der Waals surface area contributed by atoms with Gasteiger partial charge >= 0.3 is 0 Å². The summed E-state index contributed by atoms with van der Waals surface area (Å²) in [5.41, 5.74) is 6.15. The minimum absolute atomic E-state index is 0.0422. The van der Waals surface area contributed by atoms with Crippen LogP contribution < -0.4 is 10.5 Å². The molecule has 1 aliphatic carbocycles. The number of hydrogen-bond acceptors (Lipinski definition) is 2. The monoisotopic (exact) mass is 241 g/mol. The Balaban J connectivity index is 2.52. The number of benzene rings is 1. The molecular formula is C13H17F2NO. The van der Waals surface area contributed by atoms with Gasteiger partial charge in [-0.05, 0) is 24.5 Å². The Morgan fingerprint density at radius 1 is 1.29 bits per heavy atom. The molecule has 0 radical (unpaired) electrons. The Morgan fingerprint density at radius 3 is 2.47 bits per heavy atom. The van der Waals surface area contributed by atoms with Crippen LogP contribution in [0, 0.1) is 0 Å². The Hall–Kier alpha value is -1.16. The number of hydrogen-bond donors (Lipinski definition) is 1. The smallest absolute Gasteiger partial charge is 0.267 e. The molecule has 1 aliphatic rings. The summed E-state index contributed by atoms with van der Waals surface area (Å²) in [7, 11) is 1.41. The summed E-state index contributed by atoms with van der Waals surface area (Å²) in [5.74, 6) is 0.231. The van der Waals surface area contributed by atoms with Crippen LogP contribution in [0.15, 0.2) is 18.2 Å². The molecule has 4 heteroatoms. The second-order valence-corrected chi connectivity index (χ2v) is 4.59. The lowest BCUT2D eigenvalue weighted by Crippen LogP contribution is -2.34. The first-order valence-corrected chi connectivity index (χ1v) is 5.83. The lowest BCUT2D eigenvalue weighted by atomic mass is 9.85. The third-order valence-electron chi connectivity index (χ3n) is 3.54. The number of alkyl halides is 2. The topological polar surface area (TPSA) is 35.2 Å². The van der Waals surface area contributed by atoms with E-state index in [1.165, 1.54) is 7.11 Å². The van der Waals surface area contributed by atoms with Crippen molar-refractivity contribution in [3.63, 3.8) is 0 Å². The summed E-state index contributed by atoms with van der Waals surface area (Å²) in [6, 6.07) is 4.99. The molecule has 0 amide bonds. The molecule has 0 heterocycles. The maximum Gasteiger partial charge on any atom is 0.267 e. The van der Waals surface area contributed by atoms with Crippen LogP contribution in [0.5, 0.6) is 5.75 Å². The van der Waals surface area contributed by atoms with Gasteiger partial charge in [-0.3, -0.25) is 0 Å². The third kappa shape index (κ3) is 2.14. The highest BCUT2D eigenvalue weighted by atomic mass is 19.3. The maximum absolute atomic E-state index is 13.2. The molecule has 0 bridgehead atoms. The van der Waals surface area contributed by atoms with Crippen molar-refractivity contribution in [2.75, 3.05) is 7.11 Å². The van der Waals surface area contributed by atoms with Gasteiger partial charge in [-0.25, -0.2) is 8.78 Å². The molecule has 1 aromatic rings. The molecule has 2 nitrogen and oxygen atoms in total. The highest BCUT2D eigenvalue weighted by Crippen LogP contribution is 2.43. The molecule has 0 atom stereocenters. The Morgan fingerprint density at radius 2 is 1.94 bits per heavy atom. The van der Waals surface area contributed by atoms with Gasteiger partial charge < -0.3 is 10.5 Å². The summed E-state index contributed by atoms with van der Waals surface area (Å²) in [6.07, 6.45) is 0.967. The van der Waals surface area contributed by atoms with Crippen molar-refractivity contribution < 1.29 is 13.5 Å². The summed E-state index contributed by atoms with van der Waals surface area (Å²) in [5, 5.41) is 0. The van der Waals surface area contributed by atoms with Gasteiger partial charge in [0.2, 0.25) is 0 Å². The normalized spacial score (nSPS) is 18.6. The largest absolute Gasteiger partial charge is 0.496 e. The average molecular weight is 241 g/mol. The average Bonchev–Trinajstić information content (AvgIpc) is 2.76. The van der Waals surface area contributed by atoms with Crippen molar-refractivity contribution in [2.45, 2.75) is 37.6 Å². The van der Waals surface area contributed by atoms with E-state index < -0.39 is 12.0 Å². The fourth-order valence-corrected chi connectivity index (χ4v) is 2.66. The number of methoxy groups -OCH3 is 1. The molecule has 2 rings (SSSR count). The van der Waals surface area contributed by atoms with Crippen molar-refractivity contribution >= 4 is 0 Å². The number of ether oxygens (including phenoxy) is 1. The fourth-order valence-electron chi connectivity index (χ4n) is 2.66. The predicted octanol–water partition coefficient (Wildman–Crippen LogP) is 3.36. The molecule has 0 saturated heterocycles. The van der Waals surface area contributed by atoms with Crippen molar-refractivity contribution in [3.8, 4) is 5.75 Å². The van der Waals surface area contributed by atoms with Gasteiger partial charge in [-0.1, -0.05) is 25.0 Å². The van der Waals surface area contributed by atoms with Crippen LogP contribution in [0.25, 0.3) is 0 Å². The Kier molecular flexibility index (Phi) is 3.33. The van der Waals surface area contributed by atoms with E-state index in [4.69, 9.17) is 10.5 Å². The van der Waals surface area contributed by atoms with Gasteiger partial charge in [0.1, 0.15) is 5.75 Å². The molecule has 0 spiro atoms. The van der Waals surface area contributed by atoms with E-state index in [-0.39, 0.29) is 11.3 Å². The van der Waals surface area contributed by atoms with Gasteiger partial charge in [0, 0.05) is 5.54 Å². The van der Waals surface area contributed by atoms with E-state index >= 15 is 0 Å². The first kappa shape index (κ1) is 12.3. The zero-order chi connectivity index (χ0) is 12.5. The molecule has 0 aliphatic heterocycles. The number of rotatable bonds is 3. The zero-order valence-electron chi connectivity index (χ0n) is 9.88.